The molecule has 3 aromatic rings. The predicted molar refractivity (Wildman–Crippen MR) is 116 cm³/mol. The highest BCUT2D eigenvalue weighted by Crippen LogP contribution is 2.36. The Morgan fingerprint density at radius 2 is 1.77 bits per heavy atom. The predicted octanol–water partition coefficient (Wildman–Crippen LogP) is 5.58. The van der Waals surface area contributed by atoms with E-state index in [4.69, 9.17) is 21.1 Å². The van der Waals surface area contributed by atoms with Crippen molar-refractivity contribution >= 4 is 17.5 Å². The zero-order valence-electron chi connectivity index (χ0n) is 17.0. The van der Waals surface area contributed by atoms with Gasteiger partial charge in [0, 0.05) is 5.56 Å². The molecule has 1 N–H and O–H groups in total. The molecule has 0 aliphatic carbocycles. The van der Waals surface area contributed by atoms with Crippen molar-refractivity contribution in [3.63, 3.8) is 0 Å². The summed E-state index contributed by atoms with van der Waals surface area (Å²) in [5.41, 5.74) is 2.97. The maximum atomic E-state index is 13.9. The van der Waals surface area contributed by atoms with Crippen LogP contribution in [-0.4, -0.2) is 20.1 Å². The number of halogens is 2. The summed E-state index contributed by atoms with van der Waals surface area (Å²) >= 11 is 6.25. The van der Waals surface area contributed by atoms with E-state index in [-0.39, 0.29) is 16.7 Å². The second-order valence-electron chi connectivity index (χ2n) is 6.75. The molecule has 0 aromatic heterocycles. The molecule has 0 aliphatic heterocycles. The SMILES string of the molecule is CCc1ccc(C(NC(=O)c2cc(Cl)c(OC)c(OC)c2)c2cccc(F)c2)cc1. The van der Waals surface area contributed by atoms with Crippen LogP contribution in [0.2, 0.25) is 5.02 Å². The molecule has 30 heavy (non-hydrogen) atoms. The summed E-state index contributed by atoms with van der Waals surface area (Å²) in [5, 5.41) is 3.25. The molecule has 0 fully saturated rings. The molecule has 3 aromatic carbocycles. The minimum Gasteiger partial charge on any atom is -0.493 e. The van der Waals surface area contributed by atoms with Crippen LogP contribution in [-0.2, 0) is 6.42 Å². The lowest BCUT2D eigenvalue weighted by Gasteiger charge is -2.21. The van der Waals surface area contributed by atoms with Crippen LogP contribution >= 0.6 is 11.6 Å². The van der Waals surface area contributed by atoms with Crippen molar-refractivity contribution in [2.45, 2.75) is 19.4 Å². The number of aryl methyl sites for hydroxylation is 1. The monoisotopic (exact) mass is 427 g/mol. The number of hydrogen-bond donors (Lipinski definition) is 1. The van der Waals surface area contributed by atoms with Crippen LogP contribution in [0.15, 0.2) is 60.7 Å². The summed E-state index contributed by atoms with van der Waals surface area (Å²) in [5.74, 6) is -0.0323. The van der Waals surface area contributed by atoms with Gasteiger partial charge < -0.3 is 14.8 Å². The number of amides is 1. The Hall–Kier alpha value is -3.05. The normalized spacial score (nSPS) is 11.6. The van der Waals surface area contributed by atoms with Crippen LogP contribution < -0.4 is 14.8 Å². The molecule has 1 unspecified atom stereocenters. The van der Waals surface area contributed by atoms with Gasteiger partial charge in [0.05, 0.1) is 25.3 Å². The van der Waals surface area contributed by atoms with Crippen LogP contribution in [0.1, 0.15) is 40.0 Å². The fourth-order valence-corrected chi connectivity index (χ4v) is 3.54. The number of carbonyl (C=O) groups excluding carboxylic acids is 1. The first-order valence-corrected chi connectivity index (χ1v) is 9.91. The molecule has 156 valence electrons. The van der Waals surface area contributed by atoms with Crippen molar-refractivity contribution in [1.82, 2.24) is 5.32 Å². The van der Waals surface area contributed by atoms with Gasteiger partial charge in [-0.3, -0.25) is 4.79 Å². The second kappa shape index (κ2) is 9.63. The number of hydrogen-bond acceptors (Lipinski definition) is 3. The Labute approximate surface area is 180 Å². The van der Waals surface area contributed by atoms with E-state index in [1.807, 2.05) is 24.3 Å². The summed E-state index contributed by atoms with van der Waals surface area (Å²) in [6.45, 7) is 2.07. The van der Waals surface area contributed by atoms with Crippen LogP contribution in [0.5, 0.6) is 11.5 Å². The first-order valence-electron chi connectivity index (χ1n) is 9.53. The molecule has 0 bridgehead atoms. The fourth-order valence-electron chi connectivity index (χ4n) is 3.25. The highest BCUT2D eigenvalue weighted by Gasteiger charge is 2.21. The number of methoxy groups -OCH3 is 2. The van der Waals surface area contributed by atoms with Crippen molar-refractivity contribution in [2.24, 2.45) is 0 Å². The lowest BCUT2D eigenvalue weighted by Crippen LogP contribution is -2.29. The van der Waals surface area contributed by atoms with Gasteiger partial charge in [-0.1, -0.05) is 54.9 Å². The van der Waals surface area contributed by atoms with E-state index in [1.165, 1.54) is 38.0 Å². The molecule has 3 rings (SSSR count). The van der Waals surface area contributed by atoms with Gasteiger partial charge in [0.1, 0.15) is 5.82 Å². The summed E-state index contributed by atoms with van der Waals surface area (Å²) < 4.78 is 24.4. The Kier molecular flexibility index (Phi) is 6.95. The molecule has 0 aliphatic rings. The lowest BCUT2D eigenvalue weighted by atomic mass is 9.96. The van der Waals surface area contributed by atoms with Crippen molar-refractivity contribution < 1.29 is 18.7 Å². The number of rotatable bonds is 7. The largest absolute Gasteiger partial charge is 0.493 e. The number of carbonyl (C=O) groups is 1. The van der Waals surface area contributed by atoms with Crippen LogP contribution in [0.3, 0.4) is 0 Å². The second-order valence-corrected chi connectivity index (χ2v) is 7.16. The third kappa shape index (κ3) is 4.74. The van der Waals surface area contributed by atoms with Gasteiger partial charge in [-0.2, -0.15) is 0 Å². The smallest absolute Gasteiger partial charge is 0.252 e. The summed E-state index contributed by atoms with van der Waals surface area (Å²) in [7, 11) is 2.95. The molecule has 0 heterocycles. The fraction of sp³-hybridized carbons (Fsp3) is 0.208. The van der Waals surface area contributed by atoms with Gasteiger partial charge in [0.2, 0.25) is 0 Å². The molecule has 1 amide bonds. The molecular formula is C24H23ClFNO3. The van der Waals surface area contributed by atoms with E-state index in [0.717, 1.165) is 12.0 Å². The van der Waals surface area contributed by atoms with Gasteiger partial charge in [-0.15, -0.1) is 0 Å². The molecule has 0 saturated heterocycles. The topological polar surface area (TPSA) is 47.6 Å². The van der Waals surface area contributed by atoms with Crippen LogP contribution in [0.4, 0.5) is 4.39 Å². The van der Waals surface area contributed by atoms with Gasteiger partial charge in [0.15, 0.2) is 11.5 Å². The minimum absolute atomic E-state index is 0.261. The number of benzene rings is 3. The summed E-state index contributed by atoms with van der Waals surface area (Å²) in [4.78, 5) is 13.1. The third-order valence-electron chi connectivity index (χ3n) is 4.87. The average Bonchev–Trinajstić information content (AvgIpc) is 2.76. The van der Waals surface area contributed by atoms with Gasteiger partial charge in [0.25, 0.3) is 5.91 Å². The van der Waals surface area contributed by atoms with Crippen molar-refractivity contribution in [3.05, 3.63) is 93.8 Å². The standard InChI is InChI=1S/C24H23ClFNO3/c1-4-15-8-10-16(11-9-15)22(17-6-5-7-19(26)12-17)27-24(28)18-13-20(25)23(30-3)21(14-18)29-2/h5-14,22H,4H2,1-3H3,(H,27,28). The lowest BCUT2D eigenvalue weighted by molar-refractivity contribution is 0.0942. The molecule has 4 nitrogen and oxygen atoms in total. The van der Waals surface area contributed by atoms with Crippen molar-refractivity contribution in [2.75, 3.05) is 14.2 Å². The Morgan fingerprint density at radius 1 is 1.03 bits per heavy atom. The summed E-state index contributed by atoms with van der Waals surface area (Å²) in [6, 6.07) is 16.6. The quantitative estimate of drug-likeness (QED) is 0.535. The van der Waals surface area contributed by atoms with Crippen molar-refractivity contribution in [1.29, 1.82) is 0 Å². The van der Waals surface area contributed by atoms with E-state index in [1.54, 1.807) is 18.2 Å². The minimum atomic E-state index is -0.536. The Morgan fingerprint density at radius 3 is 2.37 bits per heavy atom. The zero-order chi connectivity index (χ0) is 21.7. The van der Waals surface area contributed by atoms with Gasteiger partial charge in [-0.05, 0) is 47.4 Å². The molecule has 6 heteroatoms. The number of nitrogens with one attached hydrogen (secondary N) is 1. The molecule has 0 radical (unpaired) electrons. The van der Waals surface area contributed by atoms with E-state index >= 15 is 0 Å². The first-order chi connectivity index (χ1) is 14.5. The molecule has 0 saturated carbocycles. The first kappa shape index (κ1) is 21.7. The highest BCUT2D eigenvalue weighted by atomic mass is 35.5. The Bertz CT molecular complexity index is 1040. The van der Waals surface area contributed by atoms with E-state index in [0.29, 0.717) is 22.6 Å². The van der Waals surface area contributed by atoms with E-state index < -0.39 is 6.04 Å². The maximum Gasteiger partial charge on any atom is 0.252 e. The van der Waals surface area contributed by atoms with Crippen molar-refractivity contribution in [3.8, 4) is 11.5 Å². The highest BCUT2D eigenvalue weighted by molar-refractivity contribution is 6.32. The molecular weight excluding hydrogens is 405 g/mol. The zero-order valence-corrected chi connectivity index (χ0v) is 17.8. The number of ether oxygens (including phenoxy) is 2. The third-order valence-corrected chi connectivity index (χ3v) is 5.16. The molecule has 1 atom stereocenters. The molecule has 0 spiro atoms. The van der Waals surface area contributed by atoms with Gasteiger partial charge >= 0.3 is 0 Å². The van der Waals surface area contributed by atoms with Crippen LogP contribution in [0.25, 0.3) is 0 Å². The average molecular weight is 428 g/mol. The summed E-state index contributed by atoms with van der Waals surface area (Å²) in [6.07, 6.45) is 0.904. The van der Waals surface area contributed by atoms with Crippen LogP contribution in [0, 0.1) is 5.82 Å². The van der Waals surface area contributed by atoms with E-state index in [9.17, 15) is 9.18 Å². The maximum absolute atomic E-state index is 13.9. The van der Waals surface area contributed by atoms with Gasteiger partial charge in [-0.25, -0.2) is 4.39 Å². The Balaban J connectivity index is 1.98. The van der Waals surface area contributed by atoms with E-state index in [2.05, 4.69) is 12.2 Å².